The average molecular weight is 253 g/mol. The minimum absolute atomic E-state index is 0.334. The van der Waals surface area contributed by atoms with Crippen molar-refractivity contribution in [3.8, 4) is 0 Å². The van der Waals surface area contributed by atoms with E-state index in [9.17, 15) is 5.11 Å². The lowest BCUT2D eigenvalue weighted by atomic mass is 9.78. The Bertz CT molecular complexity index is 581. The van der Waals surface area contributed by atoms with Gasteiger partial charge in [-0.15, -0.1) is 0 Å². The lowest BCUT2D eigenvalue weighted by Gasteiger charge is -2.43. The van der Waals surface area contributed by atoms with Crippen molar-refractivity contribution in [1.29, 1.82) is 0 Å². The van der Waals surface area contributed by atoms with Crippen LogP contribution in [0.2, 0.25) is 0 Å². The van der Waals surface area contributed by atoms with Gasteiger partial charge in [-0.25, -0.2) is 0 Å². The summed E-state index contributed by atoms with van der Waals surface area (Å²) in [6.07, 6.45) is 0. The van der Waals surface area contributed by atoms with Gasteiger partial charge < -0.3 is 5.11 Å². The lowest BCUT2D eigenvalue weighted by molar-refractivity contribution is 0.0161. The Balaban J connectivity index is 2.20. The van der Waals surface area contributed by atoms with Crippen molar-refractivity contribution in [1.82, 2.24) is 4.90 Å². The number of fused-ring (bicyclic) bond motifs is 1. The van der Waals surface area contributed by atoms with Crippen LogP contribution >= 0.6 is 0 Å². The Hall–Kier alpha value is -1.64. The third-order valence-electron chi connectivity index (χ3n) is 4.25. The molecule has 2 heteroatoms. The van der Waals surface area contributed by atoms with E-state index in [1.807, 2.05) is 48.5 Å². The van der Waals surface area contributed by atoms with Gasteiger partial charge in [0, 0.05) is 12.6 Å². The van der Waals surface area contributed by atoms with Crippen LogP contribution in [0.4, 0.5) is 0 Å². The molecule has 2 aromatic carbocycles. The second-order valence-corrected chi connectivity index (χ2v) is 5.40. The molecule has 0 unspecified atom stereocenters. The SMILES string of the molecule is C[C@@H]1c2ccccc2[C@@](O)(c2ccccc2)CN1C. The molecule has 0 bridgehead atoms. The van der Waals surface area contributed by atoms with Crippen molar-refractivity contribution in [2.45, 2.75) is 18.6 Å². The highest BCUT2D eigenvalue weighted by Gasteiger charge is 2.40. The van der Waals surface area contributed by atoms with E-state index in [-0.39, 0.29) is 0 Å². The number of nitrogens with zero attached hydrogens (tertiary/aromatic N) is 1. The van der Waals surface area contributed by atoms with E-state index in [0.717, 1.165) is 11.1 Å². The number of hydrogen-bond acceptors (Lipinski definition) is 2. The Morgan fingerprint density at radius 3 is 2.42 bits per heavy atom. The standard InChI is InChI=1S/C17H19NO/c1-13-15-10-6-7-11-16(15)17(19,12-18(13)2)14-8-4-3-5-9-14/h3-11,13,19H,12H2,1-2H3/t13-,17+/m1/s1. The molecule has 0 radical (unpaired) electrons. The highest BCUT2D eigenvalue weighted by Crippen LogP contribution is 2.41. The molecule has 2 aromatic rings. The van der Waals surface area contributed by atoms with Crippen LogP contribution in [0, 0.1) is 0 Å². The van der Waals surface area contributed by atoms with E-state index < -0.39 is 5.60 Å². The number of hydrogen-bond donors (Lipinski definition) is 1. The molecule has 1 heterocycles. The third-order valence-corrected chi connectivity index (χ3v) is 4.25. The van der Waals surface area contributed by atoms with Crippen LogP contribution in [0.15, 0.2) is 54.6 Å². The number of likely N-dealkylation sites (N-methyl/N-ethyl adjacent to an activating group) is 1. The second-order valence-electron chi connectivity index (χ2n) is 5.40. The molecule has 2 atom stereocenters. The van der Waals surface area contributed by atoms with E-state index in [0.29, 0.717) is 12.6 Å². The summed E-state index contributed by atoms with van der Waals surface area (Å²) in [6, 6.07) is 18.5. The van der Waals surface area contributed by atoms with Crippen molar-refractivity contribution < 1.29 is 5.11 Å². The van der Waals surface area contributed by atoms with E-state index in [1.54, 1.807) is 0 Å². The van der Waals surface area contributed by atoms with Crippen LogP contribution in [0.5, 0.6) is 0 Å². The smallest absolute Gasteiger partial charge is 0.128 e. The Kier molecular flexibility index (Phi) is 2.92. The molecule has 0 aromatic heterocycles. The van der Waals surface area contributed by atoms with Crippen LogP contribution in [0.3, 0.4) is 0 Å². The zero-order valence-electron chi connectivity index (χ0n) is 11.4. The van der Waals surface area contributed by atoms with Crippen molar-refractivity contribution in [3.05, 3.63) is 71.3 Å². The number of benzene rings is 2. The summed E-state index contributed by atoms with van der Waals surface area (Å²) >= 11 is 0. The highest BCUT2D eigenvalue weighted by atomic mass is 16.3. The van der Waals surface area contributed by atoms with Crippen molar-refractivity contribution >= 4 is 0 Å². The summed E-state index contributed by atoms with van der Waals surface area (Å²) in [5.74, 6) is 0. The first kappa shape index (κ1) is 12.4. The maximum absolute atomic E-state index is 11.2. The first-order valence-corrected chi connectivity index (χ1v) is 6.70. The first-order chi connectivity index (χ1) is 9.13. The molecule has 19 heavy (non-hydrogen) atoms. The second kappa shape index (κ2) is 4.48. The first-order valence-electron chi connectivity index (χ1n) is 6.70. The van der Waals surface area contributed by atoms with Gasteiger partial charge in [0.15, 0.2) is 0 Å². The molecule has 98 valence electrons. The summed E-state index contributed by atoms with van der Waals surface area (Å²) < 4.78 is 0. The summed E-state index contributed by atoms with van der Waals surface area (Å²) in [4.78, 5) is 2.20. The average Bonchev–Trinajstić information content (AvgIpc) is 2.46. The molecule has 0 saturated heterocycles. The fraction of sp³-hybridized carbons (Fsp3) is 0.294. The van der Waals surface area contributed by atoms with Crippen LogP contribution in [0.1, 0.15) is 29.7 Å². The fourth-order valence-electron chi connectivity index (χ4n) is 3.02. The lowest BCUT2D eigenvalue weighted by Crippen LogP contribution is -2.46. The number of aliphatic hydroxyl groups is 1. The molecular weight excluding hydrogens is 234 g/mol. The molecule has 0 spiro atoms. The Labute approximate surface area is 114 Å². The summed E-state index contributed by atoms with van der Waals surface area (Å²) in [5.41, 5.74) is 2.29. The minimum atomic E-state index is -0.918. The highest BCUT2D eigenvalue weighted by molar-refractivity contribution is 5.44. The van der Waals surface area contributed by atoms with E-state index in [4.69, 9.17) is 0 Å². The molecule has 1 N–H and O–H groups in total. The zero-order valence-corrected chi connectivity index (χ0v) is 11.4. The predicted molar refractivity (Wildman–Crippen MR) is 76.9 cm³/mol. The molecule has 0 amide bonds. The molecular formula is C17H19NO. The molecule has 0 aliphatic carbocycles. The molecule has 1 aliphatic heterocycles. The monoisotopic (exact) mass is 253 g/mol. The minimum Gasteiger partial charge on any atom is -0.379 e. The van der Waals surface area contributed by atoms with Crippen molar-refractivity contribution in [3.63, 3.8) is 0 Å². The van der Waals surface area contributed by atoms with Crippen LogP contribution in [0.25, 0.3) is 0 Å². The topological polar surface area (TPSA) is 23.5 Å². The van der Waals surface area contributed by atoms with Crippen LogP contribution < -0.4 is 0 Å². The molecule has 0 fully saturated rings. The fourth-order valence-corrected chi connectivity index (χ4v) is 3.02. The van der Waals surface area contributed by atoms with E-state index >= 15 is 0 Å². The third kappa shape index (κ3) is 1.88. The predicted octanol–water partition coefficient (Wildman–Crippen LogP) is 2.93. The molecule has 1 aliphatic rings. The quantitative estimate of drug-likeness (QED) is 0.844. The van der Waals surface area contributed by atoms with Gasteiger partial charge in [0.05, 0.1) is 0 Å². The van der Waals surface area contributed by atoms with Crippen LogP contribution in [-0.4, -0.2) is 23.6 Å². The number of β-amino-alcohol motifs (C(OH)–C–C–N with tert-alkyl or cyclic N) is 1. The summed E-state index contributed by atoms with van der Waals surface area (Å²) in [7, 11) is 2.06. The maximum Gasteiger partial charge on any atom is 0.128 e. The number of rotatable bonds is 1. The summed E-state index contributed by atoms with van der Waals surface area (Å²) in [6.45, 7) is 2.80. The van der Waals surface area contributed by atoms with Gasteiger partial charge >= 0.3 is 0 Å². The molecule has 2 nitrogen and oxygen atoms in total. The van der Waals surface area contributed by atoms with E-state index in [1.165, 1.54) is 5.56 Å². The van der Waals surface area contributed by atoms with Gasteiger partial charge in [-0.05, 0) is 30.7 Å². The largest absolute Gasteiger partial charge is 0.379 e. The normalized spacial score (nSPS) is 27.0. The van der Waals surface area contributed by atoms with Gasteiger partial charge in [-0.3, -0.25) is 4.90 Å². The molecule has 3 rings (SSSR count). The van der Waals surface area contributed by atoms with Gasteiger partial charge in [-0.2, -0.15) is 0 Å². The Morgan fingerprint density at radius 2 is 1.68 bits per heavy atom. The summed E-state index contributed by atoms with van der Waals surface area (Å²) in [5, 5.41) is 11.2. The van der Waals surface area contributed by atoms with Crippen LogP contribution in [-0.2, 0) is 5.60 Å². The van der Waals surface area contributed by atoms with Crippen molar-refractivity contribution in [2.24, 2.45) is 0 Å². The van der Waals surface area contributed by atoms with Gasteiger partial charge in [0.2, 0.25) is 0 Å². The Morgan fingerprint density at radius 1 is 1.05 bits per heavy atom. The van der Waals surface area contributed by atoms with Gasteiger partial charge in [-0.1, -0.05) is 54.6 Å². The van der Waals surface area contributed by atoms with E-state index in [2.05, 4.69) is 24.9 Å². The zero-order chi connectivity index (χ0) is 13.5. The van der Waals surface area contributed by atoms with Gasteiger partial charge in [0.1, 0.15) is 5.60 Å². The van der Waals surface area contributed by atoms with Gasteiger partial charge in [0.25, 0.3) is 0 Å². The van der Waals surface area contributed by atoms with Crippen molar-refractivity contribution in [2.75, 3.05) is 13.6 Å². The maximum atomic E-state index is 11.2. The molecule has 0 saturated carbocycles.